The van der Waals surface area contributed by atoms with Crippen LogP contribution >= 0.6 is 11.8 Å². The number of carbonyl (C=O) groups is 1. The molecule has 2 aromatic rings. The lowest BCUT2D eigenvalue weighted by molar-refractivity contribution is 0.0692. The summed E-state index contributed by atoms with van der Waals surface area (Å²) >= 11 is 1.71. The maximum atomic E-state index is 12.7. The van der Waals surface area contributed by atoms with Gasteiger partial charge in [-0.3, -0.25) is 4.79 Å². The molecule has 140 valence electrons. The number of hydrogen-bond acceptors (Lipinski definition) is 6. The van der Waals surface area contributed by atoms with E-state index in [9.17, 15) is 4.79 Å². The number of aryl methyl sites for hydroxylation is 2. The van der Waals surface area contributed by atoms with E-state index in [2.05, 4.69) is 27.2 Å². The van der Waals surface area contributed by atoms with Gasteiger partial charge in [-0.2, -0.15) is 5.10 Å². The minimum absolute atomic E-state index is 0.0478. The third-order valence-corrected chi connectivity index (χ3v) is 5.83. The number of amides is 1. The van der Waals surface area contributed by atoms with Gasteiger partial charge in [0, 0.05) is 31.9 Å². The number of hydrogen-bond donors (Lipinski definition) is 0. The van der Waals surface area contributed by atoms with Gasteiger partial charge < -0.3 is 14.2 Å². The molecule has 1 amide bonds. The molecule has 2 aliphatic rings. The van der Waals surface area contributed by atoms with Crippen LogP contribution in [-0.4, -0.2) is 58.5 Å². The second kappa shape index (κ2) is 7.60. The highest BCUT2D eigenvalue weighted by atomic mass is 32.2. The first-order valence-corrected chi connectivity index (χ1v) is 10.0. The number of piperazine rings is 1. The summed E-state index contributed by atoms with van der Waals surface area (Å²) in [4.78, 5) is 16.8. The van der Waals surface area contributed by atoms with Crippen molar-refractivity contribution in [1.82, 2.24) is 9.80 Å². The van der Waals surface area contributed by atoms with Gasteiger partial charge in [-0.05, 0) is 25.5 Å². The van der Waals surface area contributed by atoms with E-state index < -0.39 is 0 Å². The van der Waals surface area contributed by atoms with E-state index in [1.54, 1.807) is 11.8 Å². The number of furan rings is 1. The highest BCUT2D eigenvalue weighted by Crippen LogP contribution is 2.21. The van der Waals surface area contributed by atoms with Crippen molar-refractivity contribution < 1.29 is 9.21 Å². The van der Waals surface area contributed by atoms with Crippen LogP contribution in [0.15, 0.2) is 51.0 Å². The first kappa shape index (κ1) is 17.9. The van der Waals surface area contributed by atoms with Gasteiger partial charge in [0.15, 0.2) is 5.17 Å². The average molecular weight is 382 g/mol. The SMILES string of the molecule is Cc1cc(C(=O)N2CCN(C3=NN=C(c4ccccc4)CS3)CC2)c(C)o1. The maximum absolute atomic E-state index is 12.7. The molecule has 0 N–H and O–H groups in total. The van der Waals surface area contributed by atoms with Crippen LogP contribution in [-0.2, 0) is 0 Å². The lowest BCUT2D eigenvalue weighted by Crippen LogP contribution is -2.50. The van der Waals surface area contributed by atoms with Crippen molar-refractivity contribution in [2.45, 2.75) is 13.8 Å². The van der Waals surface area contributed by atoms with Crippen molar-refractivity contribution in [3.63, 3.8) is 0 Å². The Morgan fingerprint density at radius 3 is 2.41 bits per heavy atom. The first-order valence-electron chi connectivity index (χ1n) is 9.06. The summed E-state index contributed by atoms with van der Waals surface area (Å²) in [6.45, 7) is 6.60. The van der Waals surface area contributed by atoms with Crippen LogP contribution in [0.1, 0.15) is 27.4 Å². The molecule has 0 atom stereocenters. The van der Waals surface area contributed by atoms with Crippen LogP contribution in [0.4, 0.5) is 0 Å². The number of amidine groups is 1. The molecule has 0 unspecified atom stereocenters. The van der Waals surface area contributed by atoms with Crippen molar-refractivity contribution in [2.75, 3.05) is 31.9 Å². The van der Waals surface area contributed by atoms with Crippen LogP contribution in [0, 0.1) is 13.8 Å². The Hall–Kier alpha value is -2.54. The zero-order valence-electron chi connectivity index (χ0n) is 15.5. The summed E-state index contributed by atoms with van der Waals surface area (Å²) < 4.78 is 5.49. The summed E-state index contributed by atoms with van der Waals surface area (Å²) in [6.07, 6.45) is 0. The van der Waals surface area contributed by atoms with Crippen LogP contribution in [0.2, 0.25) is 0 Å². The Morgan fingerprint density at radius 2 is 1.81 bits per heavy atom. The van der Waals surface area contributed by atoms with E-state index in [0.29, 0.717) is 24.4 Å². The molecular formula is C20H22N4O2S. The van der Waals surface area contributed by atoms with Crippen LogP contribution in [0.5, 0.6) is 0 Å². The molecular weight excluding hydrogens is 360 g/mol. The Balaban J connectivity index is 1.38. The molecule has 0 aliphatic carbocycles. The Morgan fingerprint density at radius 1 is 1.07 bits per heavy atom. The summed E-state index contributed by atoms with van der Waals surface area (Å²) in [5.41, 5.74) is 2.79. The fourth-order valence-corrected chi connectivity index (χ4v) is 4.29. The number of thioether (sulfide) groups is 1. The van der Waals surface area contributed by atoms with E-state index >= 15 is 0 Å². The predicted octanol–water partition coefficient (Wildman–Crippen LogP) is 3.16. The van der Waals surface area contributed by atoms with Crippen LogP contribution < -0.4 is 0 Å². The Bertz CT molecular complexity index is 896. The molecule has 6 nitrogen and oxygen atoms in total. The third kappa shape index (κ3) is 3.78. The molecule has 4 rings (SSSR count). The van der Waals surface area contributed by atoms with Gasteiger partial charge in [0.2, 0.25) is 0 Å². The second-order valence-electron chi connectivity index (χ2n) is 6.69. The number of rotatable bonds is 2. The summed E-state index contributed by atoms with van der Waals surface area (Å²) in [7, 11) is 0. The lowest BCUT2D eigenvalue weighted by atomic mass is 10.1. The predicted molar refractivity (Wildman–Crippen MR) is 109 cm³/mol. The quantitative estimate of drug-likeness (QED) is 0.800. The van der Waals surface area contributed by atoms with E-state index in [1.807, 2.05) is 43.0 Å². The largest absolute Gasteiger partial charge is 0.466 e. The topological polar surface area (TPSA) is 61.4 Å². The summed E-state index contributed by atoms with van der Waals surface area (Å²) in [5, 5.41) is 9.79. The van der Waals surface area contributed by atoms with Crippen LogP contribution in [0.3, 0.4) is 0 Å². The van der Waals surface area contributed by atoms with Crippen molar-refractivity contribution in [3.05, 3.63) is 59.0 Å². The van der Waals surface area contributed by atoms with E-state index in [-0.39, 0.29) is 5.91 Å². The molecule has 1 aromatic heterocycles. The number of nitrogens with zero attached hydrogens (tertiary/aromatic N) is 4. The lowest BCUT2D eigenvalue weighted by Gasteiger charge is -2.36. The van der Waals surface area contributed by atoms with E-state index in [1.165, 1.54) is 0 Å². The molecule has 1 fully saturated rings. The molecule has 0 spiro atoms. The average Bonchev–Trinajstić information content (AvgIpc) is 3.06. The molecule has 2 aliphatic heterocycles. The molecule has 7 heteroatoms. The monoisotopic (exact) mass is 382 g/mol. The minimum Gasteiger partial charge on any atom is -0.466 e. The van der Waals surface area contributed by atoms with Gasteiger partial charge in [0.05, 0.1) is 11.3 Å². The Kier molecular flexibility index (Phi) is 5.03. The zero-order chi connectivity index (χ0) is 18.8. The zero-order valence-corrected chi connectivity index (χ0v) is 16.3. The number of carbonyl (C=O) groups excluding carboxylic acids is 1. The van der Waals surface area contributed by atoms with Gasteiger partial charge in [-0.15, -0.1) is 5.10 Å². The first-order chi connectivity index (χ1) is 13.1. The molecule has 3 heterocycles. The molecule has 0 bridgehead atoms. The van der Waals surface area contributed by atoms with Gasteiger partial charge in [0.1, 0.15) is 11.5 Å². The number of benzene rings is 1. The summed E-state index contributed by atoms with van der Waals surface area (Å²) in [5.74, 6) is 2.33. The molecule has 1 aromatic carbocycles. The minimum atomic E-state index is 0.0478. The fourth-order valence-electron chi connectivity index (χ4n) is 3.33. The molecule has 0 radical (unpaired) electrons. The standard InChI is InChI=1S/C20H22N4O2S/c1-14-12-17(15(2)26-14)19(25)23-8-10-24(11-9-23)20-22-21-18(13-27-20)16-6-4-3-5-7-16/h3-7,12H,8-11,13H2,1-2H3. The second-order valence-corrected chi connectivity index (χ2v) is 7.63. The third-order valence-electron chi connectivity index (χ3n) is 4.81. The van der Waals surface area contributed by atoms with Gasteiger partial charge in [-0.1, -0.05) is 42.1 Å². The normalized spacial score (nSPS) is 17.6. The van der Waals surface area contributed by atoms with Gasteiger partial charge >= 0.3 is 0 Å². The summed E-state index contributed by atoms with van der Waals surface area (Å²) in [6, 6.07) is 12.0. The van der Waals surface area contributed by atoms with E-state index in [4.69, 9.17) is 4.42 Å². The van der Waals surface area contributed by atoms with Crippen molar-refractivity contribution >= 4 is 28.5 Å². The van der Waals surface area contributed by atoms with Crippen molar-refractivity contribution in [3.8, 4) is 0 Å². The smallest absolute Gasteiger partial charge is 0.257 e. The highest BCUT2D eigenvalue weighted by Gasteiger charge is 2.27. The molecule has 1 saturated heterocycles. The molecule has 27 heavy (non-hydrogen) atoms. The van der Waals surface area contributed by atoms with Gasteiger partial charge in [-0.25, -0.2) is 0 Å². The maximum Gasteiger partial charge on any atom is 0.257 e. The Labute approximate surface area is 162 Å². The highest BCUT2D eigenvalue weighted by molar-refractivity contribution is 8.14. The van der Waals surface area contributed by atoms with Gasteiger partial charge in [0.25, 0.3) is 5.91 Å². The fraction of sp³-hybridized carbons (Fsp3) is 0.350. The van der Waals surface area contributed by atoms with E-state index in [0.717, 1.165) is 41.0 Å². The van der Waals surface area contributed by atoms with Crippen LogP contribution in [0.25, 0.3) is 0 Å². The molecule has 0 saturated carbocycles. The van der Waals surface area contributed by atoms with Crippen molar-refractivity contribution in [2.24, 2.45) is 10.2 Å². The van der Waals surface area contributed by atoms with Crippen molar-refractivity contribution in [1.29, 1.82) is 0 Å².